The minimum atomic E-state index is -1.16. The van der Waals surface area contributed by atoms with Gasteiger partial charge in [0.1, 0.15) is 6.10 Å². The highest BCUT2D eigenvalue weighted by Crippen LogP contribution is 2.30. The van der Waals surface area contributed by atoms with Crippen LogP contribution in [0.15, 0.2) is 48.5 Å². The Morgan fingerprint density at radius 2 is 1.79 bits per heavy atom. The Hall–Kier alpha value is -2.53. The molecule has 2 aliphatic heterocycles. The molecule has 1 N–H and O–H groups in total. The number of anilines is 1. The van der Waals surface area contributed by atoms with Crippen molar-refractivity contribution in [2.45, 2.75) is 38.3 Å². The number of fused-ring (bicyclic) bond motifs is 2. The molecular weight excluding hydrogens is 352 g/mol. The molecule has 1 saturated heterocycles. The van der Waals surface area contributed by atoms with Crippen molar-refractivity contribution in [3.8, 4) is 0 Å². The maximum absolute atomic E-state index is 10.8. The fraction of sp³-hybridized carbons (Fsp3) is 0.435. The Morgan fingerprint density at radius 1 is 1.04 bits per heavy atom. The molecule has 5 nitrogen and oxygen atoms in total. The quantitative estimate of drug-likeness (QED) is 0.790. The first-order chi connectivity index (χ1) is 13.7. The topological polar surface area (TPSA) is 53.0 Å². The van der Waals surface area contributed by atoms with Crippen molar-refractivity contribution in [2.24, 2.45) is 0 Å². The summed E-state index contributed by atoms with van der Waals surface area (Å²) in [5, 5.41) is 8.85. The molecule has 0 aliphatic carbocycles. The Kier molecular flexibility index (Phi) is 5.81. The lowest BCUT2D eigenvalue weighted by molar-refractivity contribution is 0.0135. The Labute approximate surface area is 166 Å². The van der Waals surface area contributed by atoms with Crippen molar-refractivity contribution < 1.29 is 14.6 Å². The molecule has 0 bridgehead atoms. The van der Waals surface area contributed by atoms with Crippen molar-refractivity contribution in [1.29, 1.82) is 0 Å². The van der Waals surface area contributed by atoms with Crippen LogP contribution in [0.4, 0.5) is 10.5 Å². The van der Waals surface area contributed by atoms with Gasteiger partial charge < -0.3 is 14.7 Å². The summed E-state index contributed by atoms with van der Waals surface area (Å²) in [6.07, 6.45) is 2.53. The monoisotopic (exact) mass is 380 g/mol. The lowest BCUT2D eigenvalue weighted by Gasteiger charge is -2.32. The molecule has 0 saturated carbocycles. The second-order valence-electron chi connectivity index (χ2n) is 7.80. The summed E-state index contributed by atoms with van der Waals surface area (Å²) in [7, 11) is 0. The molecule has 0 aromatic heterocycles. The number of ether oxygens (including phenoxy) is 1. The highest BCUT2D eigenvalue weighted by molar-refractivity contribution is 5.58. The minimum absolute atomic E-state index is 0.183. The zero-order valence-electron chi connectivity index (χ0n) is 16.2. The van der Waals surface area contributed by atoms with Crippen LogP contribution in [-0.2, 0) is 17.7 Å². The largest absolute Gasteiger partial charge is 0.506 e. The molecule has 1 fully saturated rings. The van der Waals surface area contributed by atoms with E-state index in [1.807, 2.05) is 0 Å². The van der Waals surface area contributed by atoms with Gasteiger partial charge in [-0.3, -0.25) is 4.90 Å². The molecule has 0 unspecified atom stereocenters. The van der Waals surface area contributed by atoms with E-state index in [1.54, 1.807) is 0 Å². The predicted molar refractivity (Wildman–Crippen MR) is 110 cm³/mol. The molecule has 2 aromatic rings. The van der Waals surface area contributed by atoms with Gasteiger partial charge in [-0.15, -0.1) is 0 Å². The van der Waals surface area contributed by atoms with E-state index in [0.29, 0.717) is 6.54 Å². The normalized spacial score (nSPS) is 19.4. The van der Waals surface area contributed by atoms with Crippen molar-refractivity contribution in [2.75, 3.05) is 31.1 Å². The van der Waals surface area contributed by atoms with Crippen molar-refractivity contribution in [1.82, 2.24) is 4.90 Å². The van der Waals surface area contributed by atoms with E-state index in [4.69, 9.17) is 9.84 Å². The van der Waals surface area contributed by atoms with Crippen LogP contribution < -0.4 is 4.90 Å². The van der Waals surface area contributed by atoms with Crippen LogP contribution in [0.25, 0.3) is 0 Å². The van der Waals surface area contributed by atoms with Crippen LogP contribution in [0.3, 0.4) is 0 Å². The van der Waals surface area contributed by atoms with E-state index in [2.05, 4.69) is 58.3 Å². The second kappa shape index (κ2) is 8.65. The third-order valence-corrected chi connectivity index (χ3v) is 5.82. The number of carbonyl (C=O) groups is 1. The summed E-state index contributed by atoms with van der Waals surface area (Å²) in [5.41, 5.74) is 5.55. The number of likely N-dealkylation sites (tertiary alicyclic amines) is 1. The van der Waals surface area contributed by atoms with Crippen LogP contribution in [-0.4, -0.2) is 48.4 Å². The molecule has 4 rings (SSSR count). The van der Waals surface area contributed by atoms with E-state index in [0.717, 1.165) is 51.9 Å². The van der Waals surface area contributed by atoms with Gasteiger partial charge in [0.15, 0.2) is 0 Å². The molecule has 0 amide bonds. The first-order valence-electron chi connectivity index (χ1n) is 10.2. The molecular formula is C23H28N2O3. The van der Waals surface area contributed by atoms with Gasteiger partial charge in [0.05, 0.1) is 0 Å². The number of carboxylic acid groups (broad SMARTS) is 1. The lowest BCUT2D eigenvalue weighted by Crippen LogP contribution is -2.41. The van der Waals surface area contributed by atoms with Gasteiger partial charge >= 0.3 is 6.16 Å². The molecule has 1 atom stereocenters. The molecule has 148 valence electrons. The number of nitrogens with zero attached hydrogens (tertiary/aromatic N) is 2. The summed E-state index contributed by atoms with van der Waals surface area (Å²) >= 11 is 0. The SMILES string of the molecule is O=C(O)O[C@@H]1CCCN(CCCN2Cc3ccccc3Cc3ccccc32)C1. The summed E-state index contributed by atoms with van der Waals surface area (Å²) in [5.74, 6) is 0. The van der Waals surface area contributed by atoms with Crippen molar-refractivity contribution in [3.05, 3.63) is 65.2 Å². The van der Waals surface area contributed by atoms with Crippen LogP contribution in [0.1, 0.15) is 36.0 Å². The van der Waals surface area contributed by atoms with Crippen LogP contribution in [0.2, 0.25) is 0 Å². The average molecular weight is 380 g/mol. The summed E-state index contributed by atoms with van der Waals surface area (Å²) in [6.45, 7) is 4.65. The maximum atomic E-state index is 10.8. The second-order valence-corrected chi connectivity index (χ2v) is 7.80. The van der Waals surface area contributed by atoms with E-state index in [9.17, 15) is 4.79 Å². The first-order valence-corrected chi connectivity index (χ1v) is 10.2. The number of para-hydroxylation sites is 1. The van der Waals surface area contributed by atoms with Crippen LogP contribution in [0, 0.1) is 0 Å². The van der Waals surface area contributed by atoms with Crippen LogP contribution in [0.5, 0.6) is 0 Å². The molecule has 0 radical (unpaired) electrons. The van der Waals surface area contributed by atoms with Crippen LogP contribution >= 0.6 is 0 Å². The fourth-order valence-corrected chi connectivity index (χ4v) is 4.49. The highest BCUT2D eigenvalue weighted by atomic mass is 16.7. The third kappa shape index (κ3) is 4.47. The van der Waals surface area contributed by atoms with Crippen molar-refractivity contribution >= 4 is 11.8 Å². The van der Waals surface area contributed by atoms with Crippen molar-refractivity contribution in [3.63, 3.8) is 0 Å². The Morgan fingerprint density at radius 3 is 2.61 bits per heavy atom. The zero-order chi connectivity index (χ0) is 19.3. The number of benzene rings is 2. The molecule has 28 heavy (non-hydrogen) atoms. The number of hydrogen-bond acceptors (Lipinski definition) is 4. The molecule has 2 heterocycles. The molecule has 2 aromatic carbocycles. The number of hydrogen-bond donors (Lipinski definition) is 1. The molecule has 0 spiro atoms. The standard InChI is InChI=1S/C23H28N2O3/c26-23(27)28-21-10-5-12-24(17-21)13-6-14-25-16-20-9-2-1-7-18(20)15-19-8-3-4-11-22(19)25/h1-4,7-9,11,21H,5-6,10,12-17H2,(H,26,27)/t21-/m1/s1. The zero-order valence-corrected chi connectivity index (χ0v) is 16.2. The van der Waals surface area contributed by atoms with Gasteiger partial charge in [-0.1, -0.05) is 42.5 Å². The first kappa shape index (κ1) is 18.8. The lowest BCUT2D eigenvalue weighted by atomic mass is 10.0. The van der Waals surface area contributed by atoms with Gasteiger partial charge in [-0.05, 0) is 61.5 Å². The average Bonchev–Trinajstić information content (AvgIpc) is 2.84. The Bertz CT molecular complexity index is 823. The van der Waals surface area contributed by atoms with Gasteiger partial charge in [-0.25, -0.2) is 4.79 Å². The van der Waals surface area contributed by atoms with Gasteiger partial charge in [0.25, 0.3) is 0 Å². The fourth-order valence-electron chi connectivity index (χ4n) is 4.49. The summed E-state index contributed by atoms with van der Waals surface area (Å²) in [4.78, 5) is 15.6. The van der Waals surface area contributed by atoms with E-state index >= 15 is 0 Å². The minimum Gasteiger partial charge on any atom is -0.450 e. The van der Waals surface area contributed by atoms with E-state index < -0.39 is 6.16 Å². The summed E-state index contributed by atoms with van der Waals surface area (Å²) < 4.78 is 4.98. The summed E-state index contributed by atoms with van der Waals surface area (Å²) in [6, 6.07) is 17.5. The Balaban J connectivity index is 1.39. The predicted octanol–water partition coefficient (Wildman–Crippen LogP) is 4.15. The number of rotatable bonds is 5. The third-order valence-electron chi connectivity index (χ3n) is 5.82. The highest BCUT2D eigenvalue weighted by Gasteiger charge is 2.23. The molecule has 2 aliphatic rings. The van der Waals surface area contributed by atoms with E-state index in [1.165, 1.54) is 22.4 Å². The maximum Gasteiger partial charge on any atom is 0.506 e. The smallest absolute Gasteiger partial charge is 0.450 e. The van der Waals surface area contributed by atoms with E-state index in [-0.39, 0.29) is 6.10 Å². The van der Waals surface area contributed by atoms with Gasteiger partial charge in [-0.2, -0.15) is 0 Å². The number of piperidine rings is 1. The molecule has 5 heteroatoms. The van der Waals surface area contributed by atoms with Gasteiger partial charge in [0, 0.05) is 25.3 Å². The van der Waals surface area contributed by atoms with Gasteiger partial charge in [0.2, 0.25) is 0 Å².